The summed E-state index contributed by atoms with van der Waals surface area (Å²) in [6, 6.07) is 17.7. The summed E-state index contributed by atoms with van der Waals surface area (Å²) in [5.41, 5.74) is 2.61. The fourth-order valence-electron chi connectivity index (χ4n) is 5.20. The van der Waals surface area contributed by atoms with Gasteiger partial charge in [0.1, 0.15) is 0 Å². The smallest absolute Gasteiger partial charge is 0.253 e. The van der Waals surface area contributed by atoms with Crippen LogP contribution in [0.15, 0.2) is 54.6 Å². The maximum absolute atomic E-state index is 13.4. The molecule has 1 saturated heterocycles. The summed E-state index contributed by atoms with van der Waals surface area (Å²) in [6.07, 6.45) is 7.15. The lowest BCUT2D eigenvalue weighted by atomic mass is 9.78. The van der Waals surface area contributed by atoms with Gasteiger partial charge in [0.05, 0.1) is 5.75 Å². The molecule has 1 aliphatic carbocycles. The SMILES string of the molecule is CS(=O)(=O)Cc1cccc(C(=O)N2CCN(Cc3ccccc3)C3(CCCCC3)C2)c1. The average molecular weight is 441 g/mol. The van der Waals surface area contributed by atoms with E-state index in [1.54, 1.807) is 24.3 Å². The Morgan fingerprint density at radius 3 is 2.35 bits per heavy atom. The second-order valence-electron chi connectivity index (χ2n) is 9.19. The van der Waals surface area contributed by atoms with Gasteiger partial charge in [-0.05, 0) is 36.1 Å². The predicted octanol–water partition coefficient (Wildman–Crippen LogP) is 3.89. The fraction of sp³-hybridized carbons (Fsp3) is 0.480. The molecule has 0 N–H and O–H groups in total. The lowest BCUT2D eigenvalue weighted by Gasteiger charge is -2.53. The Kier molecular flexibility index (Phi) is 6.49. The van der Waals surface area contributed by atoms with Crippen LogP contribution in [-0.2, 0) is 22.1 Å². The first-order valence-corrected chi connectivity index (χ1v) is 13.3. The quantitative estimate of drug-likeness (QED) is 0.708. The van der Waals surface area contributed by atoms with E-state index in [2.05, 4.69) is 29.2 Å². The van der Waals surface area contributed by atoms with Crippen LogP contribution in [0.5, 0.6) is 0 Å². The number of benzene rings is 2. The molecule has 5 nitrogen and oxygen atoms in total. The van der Waals surface area contributed by atoms with E-state index in [1.807, 2.05) is 11.0 Å². The zero-order valence-corrected chi connectivity index (χ0v) is 19.1. The van der Waals surface area contributed by atoms with Gasteiger partial charge in [0, 0.05) is 43.5 Å². The molecular formula is C25H32N2O3S. The first-order valence-electron chi connectivity index (χ1n) is 11.2. The van der Waals surface area contributed by atoms with Gasteiger partial charge in [0.25, 0.3) is 5.91 Å². The van der Waals surface area contributed by atoms with Gasteiger partial charge in [-0.25, -0.2) is 8.42 Å². The van der Waals surface area contributed by atoms with Crippen LogP contribution in [0.4, 0.5) is 0 Å². The third-order valence-corrected chi connectivity index (χ3v) is 7.54. The standard InChI is InChI=1S/C25H32N2O3S/c1-31(29,30)19-22-11-8-12-23(17-22)24(28)26-15-16-27(18-21-9-4-2-5-10-21)25(20-26)13-6-3-7-14-25/h2,4-5,8-12,17H,3,6-7,13-16,18-20H2,1H3. The molecule has 0 unspecified atom stereocenters. The van der Waals surface area contributed by atoms with Crippen molar-refractivity contribution < 1.29 is 13.2 Å². The van der Waals surface area contributed by atoms with Gasteiger partial charge in [0.2, 0.25) is 0 Å². The molecular weight excluding hydrogens is 408 g/mol. The molecule has 1 saturated carbocycles. The summed E-state index contributed by atoms with van der Waals surface area (Å²) in [5, 5.41) is 0. The number of nitrogens with zero attached hydrogens (tertiary/aromatic N) is 2. The van der Waals surface area contributed by atoms with Crippen molar-refractivity contribution in [2.75, 3.05) is 25.9 Å². The molecule has 166 valence electrons. The van der Waals surface area contributed by atoms with Crippen LogP contribution in [-0.4, -0.2) is 55.6 Å². The van der Waals surface area contributed by atoms with E-state index in [4.69, 9.17) is 0 Å². The molecule has 0 atom stereocenters. The van der Waals surface area contributed by atoms with Crippen molar-refractivity contribution in [3.8, 4) is 0 Å². The normalized spacial score (nSPS) is 19.5. The maximum atomic E-state index is 13.4. The van der Waals surface area contributed by atoms with E-state index in [9.17, 15) is 13.2 Å². The maximum Gasteiger partial charge on any atom is 0.253 e. The van der Waals surface area contributed by atoms with Crippen LogP contribution in [0.3, 0.4) is 0 Å². The molecule has 1 spiro atoms. The number of carbonyl (C=O) groups excluding carboxylic acids is 1. The molecule has 1 aliphatic heterocycles. The lowest BCUT2D eigenvalue weighted by Crippen LogP contribution is -2.63. The van der Waals surface area contributed by atoms with E-state index >= 15 is 0 Å². The molecule has 0 aromatic heterocycles. The Balaban J connectivity index is 1.53. The minimum atomic E-state index is -3.14. The molecule has 0 radical (unpaired) electrons. The molecule has 2 fully saturated rings. The van der Waals surface area contributed by atoms with E-state index < -0.39 is 9.84 Å². The molecule has 1 amide bonds. The Labute approximate surface area is 186 Å². The Bertz CT molecular complexity index is 1010. The molecule has 2 aromatic rings. The van der Waals surface area contributed by atoms with Crippen molar-refractivity contribution in [2.45, 2.75) is 49.9 Å². The Morgan fingerprint density at radius 1 is 0.935 bits per heavy atom. The van der Waals surface area contributed by atoms with Crippen molar-refractivity contribution in [3.05, 3.63) is 71.3 Å². The van der Waals surface area contributed by atoms with Gasteiger partial charge < -0.3 is 4.90 Å². The van der Waals surface area contributed by atoms with Crippen molar-refractivity contribution in [1.29, 1.82) is 0 Å². The highest BCUT2D eigenvalue weighted by Crippen LogP contribution is 2.38. The van der Waals surface area contributed by atoms with E-state index in [0.29, 0.717) is 17.7 Å². The van der Waals surface area contributed by atoms with Crippen LogP contribution < -0.4 is 0 Å². The highest BCUT2D eigenvalue weighted by Gasteiger charge is 2.43. The van der Waals surface area contributed by atoms with Crippen molar-refractivity contribution in [1.82, 2.24) is 9.80 Å². The molecule has 4 rings (SSSR count). The zero-order valence-electron chi connectivity index (χ0n) is 18.3. The fourth-order valence-corrected chi connectivity index (χ4v) is 5.99. The second-order valence-corrected chi connectivity index (χ2v) is 11.3. The molecule has 2 aliphatic rings. The average Bonchev–Trinajstić information content (AvgIpc) is 2.75. The lowest BCUT2D eigenvalue weighted by molar-refractivity contribution is -0.0252. The largest absolute Gasteiger partial charge is 0.336 e. The van der Waals surface area contributed by atoms with E-state index in [-0.39, 0.29) is 17.2 Å². The summed E-state index contributed by atoms with van der Waals surface area (Å²) < 4.78 is 23.3. The highest BCUT2D eigenvalue weighted by molar-refractivity contribution is 7.89. The third kappa shape index (κ3) is 5.36. The number of carbonyl (C=O) groups is 1. The number of hydrogen-bond donors (Lipinski definition) is 0. The summed E-state index contributed by atoms with van der Waals surface area (Å²) in [4.78, 5) is 18.0. The van der Waals surface area contributed by atoms with Gasteiger partial charge >= 0.3 is 0 Å². The van der Waals surface area contributed by atoms with Gasteiger partial charge in [-0.2, -0.15) is 0 Å². The topological polar surface area (TPSA) is 57.7 Å². The first kappa shape index (κ1) is 22.0. The van der Waals surface area contributed by atoms with Crippen molar-refractivity contribution in [2.24, 2.45) is 0 Å². The molecule has 2 aromatic carbocycles. The minimum Gasteiger partial charge on any atom is -0.336 e. The third-order valence-electron chi connectivity index (χ3n) is 6.69. The second kappa shape index (κ2) is 9.13. The summed E-state index contributed by atoms with van der Waals surface area (Å²) in [6.45, 7) is 3.23. The number of amides is 1. The van der Waals surface area contributed by atoms with Crippen LogP contribution in [0, 0.1) is 0 Å². The van der Waals surface area contributed by atoms with E-state index in [0.717, 1.165) is 32.5 Å². The number of sulfone groups is 1. The van der Waals surface area contributed by atoms with Gasteiger partial charge in [-0.15, -0.1) is 0 Å². The van der Waals surface area contributed by atoms with Crippen molar-refractivity contribution in [3.63, 3.8) is 0 Å². The number of hydrogen-bond acceptors (Lipinski definition) is 4. The zero-order chi connectivity index (χ0) is 21.9. The van der Waals surface area contributed by atoms with Crippen LogP contribution >= 0.6 is 0 Å². The minimum absolute atomic E-state index is 0.0136. The summed E-state index contributed by atoms with van der Waals surface area (Å²) in [5.74, 6) is -0.0252. The van der Waals surface area contributed by atoms with Crippen LogP contribution in [0.1, 0.15) is 53.6 Å². The Hall–Kier alpha value is -2.18. The Morgan fingerprint density at radius 2 is 1.65 bits per heavy atom. The van der Waals surface area contributed by atoms with Gasteiger partial charge in [-0.1, -0.05) is 61.7 Å². The van der Waals surface area contributed by atoms with Gasteiger partial charge in [0.15, 0.2) is 9.84 Å². The van der Waals surface area contributed by atoms with Crippen molar-refractivity contribution >= 4 is 15.7 Å². The molecule has 0 bridgehead atoms. The molecule has 6 heteroatoms. The predicted molar refractivity (Wildman–Crippen MR) is 124 cm³/mol. The molecule has 31 heavy (non-hydrogen) atoms. The number of piperazine rings is 1. The first-order chi connectivity index (χ1) is 14.8. The van der Waals surface area contributed by atoms with Crippen LogP contribution in [0.25, 0.3) is 0 Å². The summed E-state index contributed by atoms with van der Waals surface area (Å²) in [7, 11) is -3.14. The number of rotatable bonds is 5. The summed E-state index contributed by atoms with van der Waals surface area (Å²) >= 11 is 0. The highest BCUT2D eigenvalue weighted by atomic mass is 32.2. The molecule has 1 heterocycles. The van der Waals surface area contributed by atoms with Crippen LogP contribution in [0.2, 0.25) is 0 Å². The van der Waals surface area contributed by atoms with Gasteiger partial charge in [-0.3, -0.25) is 9.69 Å². The monoisotopic (exact) mass is 440 g/mol. The van der Waals surface area contributed by atoms with E-state index in [1.165, 1.54) is 31.1 Å².